The molecule has 1 aliphatic heterocycles. The van der Waals surface area contributed by atoms with E-state index in [1.165, 1.54) is 6.07 Å². The minimum Gasteiger partial charge on any atom is -0.371 e. The van der Waals surface area contributed by atoms with Gasteiger partial charge in [0.25, 0.3) is 0 Å². The third kappa shape index (κ3) is 7.92. The van der Waals surface area contributed by atoms with Gasteiger partial charge >= 0.3 is 0 Å². The fraction of sp³-hybridized carbons (Fsp3) is 0.478. The Morgan fingerprint density at radius 3 is 2.74 bits per heavy atom. The number of anilines is 1. The SMILES string of the molecule is CN=C(NCc1cccc(COC(C)(C)C)c1)NC1CCN(c2ncccc2F)C1.I. The van der Waals surface area contributed by atoms with Gasteiger partial charge in [0.15, 0.2) is 17.6 Å². The highest BCUT2D eigenvalue weighted by Crippen LogP contribution is 2.20. The lowest BCUT2D eigenvalue weighted by atomic mass is 10.1. The maximum absolute atomic E-state index is 14.0. The van der Waals surface area contributed by atoms with Crippen molar-refractivity contribution in [3.63, 3.8) is 0 Å². The lowest BCUT2D eigenvalue weighted by molar-refractivity contribution is -0.0149. The maximum atomic E-state index is 14.0. The minimum absolute atomic E-state index is 0. The molecule has 31 heavy (non-hydrogen) atoms. The van der Waals surface area contributed by atoms with Gasteiger partial charge in [0.05, 0.1) is 12.2 Å². The molecule has 0 radical (unpaired) electrons. The molecular weight excluding hydrogens is 508 g/mol. The van der Waals surface area contributed by atoms with Crippen molar-refractivity contribution >= 4 is 35.8 Å². The molecule has 2 N–H and O–H groups in total. The normalized spacial score (nSPS) is 16.7. The summed E-state index contributed by atoms with van der Waals surface area (Å²) >= 11 is 0. The average molecular weight is 541 g/mol. The summed E-state index contributed by atoms with van der Waals surface area (Å²) in [6.45, 7) is 8.87. The first-order chi connectivity index (χ1) is 14.3. The van der Waals surface area contributed by atoms with Gasteiger partial charge in [0.1, 0.15) is 0 Å². The molecule has 1 saturated heterocycles. The molecule has 0 bridgehead atoms. The zero-order valence-corrected chi connectivity index (χ0v) is 21.0. The van der Waals surface area contributed by atoms with Crippen molar-refractivity contribution in [2.45, 2.75) is 52.0 Å². The van der Waals surface area contributed by atoms with Crippen LogP contribution in [0, 0.1) is 5.82 Å². The van der Waals surface area contributed by atoms with Gasteiger partial charge in [-0.15, -0.1) is 24.0 Å². The molecule has 0 aliphatic carbocycles. The molecule has 1 atom stereocenters. The van der Waals surface area contributed by atoms with Gasteiger partial charge in [0.2, 0.25) is 0 Å². The molecule has 6 nitrogen and oxygen atoms in total. The number of pyridine rings is 1. The van der Waals surface area contributed by atoms with Crippen LogP contribution in [-0.2, 0) is 17.9 Å². The first kappa shape index (κ1) is 25.3. The number of hydrogen-bond acceptors (Lipinski definition) is 4. The standard InChI is InChI=1S/C23H32FN5O.HI/c1-23(2,3)30-16-18-8-5-7-17(13-18)14-27-22(25-4)28-19-10-12-29(15-19)21-20(24)9-6-11-26-21;/h5-9,11,13,19H,10,12,14-16H2,1-4H3,(H2,25,27,28);1H. The van der Waals surface area contributed by atoms with Crippen molar-refractivity contribution in [2.24, 2.45) is 4.99 Å². The first-order valence-electron chi connectivity index (χ1n) is 10.4. The van der Waals surface area contributed by atoms with Gasteiger partial charge in [-0.25, -0.2) is 9.37 Å². The van der Waals surface area contributed by atoms with E-state index >= 15 is 0 Å². The number of nitrogens with zero attached hydrogens (tertiary/aromatic N) is 3. The van der Waals surface area contributed by atoms with Gasteiger partial charge in [0, 0.05) is 38.9 Å². The zero-order valence-electron chi connectivity index (χ0n) is 18.7. The fourth-order valence-electron chi connectivity index (χ4n) is 3.38. The lowest BCUT2D eigenvalue weighted by Gasteiger charge is -2.20. The van der Waals surface area contributed by atoms with Crippen LogP contribution in [0.4, 0.5) is 10.2 Å². The molecule has 1 aromatic carbocycles. The Bertz CT molecular complexity index is 871. The van der Waals surface area contributed by atoms with Crippen LogP contribution in [0.2, 0.25) is 0 Å². The molecule has 8 heteroatoms. The van der Waals surface area contributed by atoms with Crippen LogP contribution in [0.1, 0.15) is 38.3 Å². The summed E-state index contributed by atoms with van der Waals surface area (Å²) in [4.78, 5) is 10.5. The summed E-state index contributed by atoms with van der Waals surface area (Å²) in [6.07, 6.45) is 2.52. The summed E-state index contributed by atoms with van der Waals surface area (Å²) < 4.78 is 19.9. The van der Waals surface area contributed by atoms with E-state index in [0.29, 0.717) is 25.5 Å². The molecule has 2 heterocycles. The number of halogens is 2. The van der Waals surface area contributed by atoms with Crippen molar-refractivity contribution in [3.8, 4) is 0 Å². The van der Waals surface area contributed by atoms with Gasteiger partial charge in [-0.2, -0.15) is 0 Å². The fourth-order valence-corrected chi connectivity index (χ4v) is 3.38. The summed E-state index contributed by atoms with van der Waals surface area (Å²) in [5.74, 6) is 0.870. The van der Waals surface area contributed by atoms with Crippen molar-refractivity contribution in [2.75, 3.05) is 25.0 Å². The maximum Gasteiger partial charge on any atom is 0.191 e. The molecule has 0 amide bonds. The summed E-state index contributed by atoms with van der Waals surface area (Å²) in [5.41, 5.74) is 2.15. The Balaban J connectivity index is 0.00000341. The monoisotopic (exact) mass is 541 g/mol. The van der Waals surface area contributed by atoms with E-state index < -0.39 is 0 Å². The van der Waals surface area contributed by atoms with Crippen molar-refractivity contribution in [3.05, 3.63) is 59.5 Å². The Morgan fingerprint density at radius 2 is 2.03 bits per heavy atom. The van der Waals surface area contributed by atoms with Crippen LogP contribution in [-0.4, -0.2) is 42.7 Å². The molecule has 170 valence electrons. The second-order valence-electron chi connectivity index (χ2n) is 8.53. The number of nitrogens with one attached hydrogen (secondary N) is 2. The number of benzene rings is 1. The van der Waals surface area contributed by atoms with E-state index in [1.807, 2.05) is 11.0 Å². The Labute approximate surface area is 201 Å². The van der Waals surface area contributed by atoms with E-state index in [1.54, 1.807) is 19.3 Å². The van der Waals surface area contributed by atoms with Gasteiger partial charge in [-0.3, -0.25) is 4.99 Å². The van der Waals surface area contributed by atoms with Crippen molar-refractivity contribution < 1.29 is 9.13 Å². The smallest absolute Gasteiger partial charge is 0.191 e. The molecule has 1 fully saturated rings. The van der Waals surface area contributed by atoms with Crippen molar-refractivity contribution in [1.82, 2.24) is 15.6 Å². The van der Waals surface area contributed by atoms with E-state index in [2.05, 4.69) is 59.6 Å². The predicted molar refractivity (Wildman–Crippen MR) is 135 cm³/mol. The van der Waals surface area contributed by atoms with E-state index in [9.17, 15) is 4.39 Å². The molecular formula is C23H33FIN5O. The van der Waals surface area contributed by atoms with Gasteiger partial charge < -0.3 is 20.3 Å². The quantitative estimate of drug-likeness (QED) is 0.328. The highest BCUT2D eigenvalue weighted by Gasteiger charge is 2.25. The topological polar surface area (TPSA) is 61.8 Å². The van der Waals surface area contributed by atoms with Crippen LogP contribution in [0.5, 0.6) is 0 Å². The van der Waals surface area contributed by atoms with Gasteiger partial charge in [-0.1, -0.05) is 24.3 Å². The summed E-state index contributed by atoms with van der Waals surface area (Å²) in [5, 5.41) is 6.81. The van der Waals surface area contributed by atoms with E-state index in [-0.39, 0.29) is 41.4 Å². The molecule has 0 saturated carbocycles. The number of aliphatic imine (C=N–C) groups is 1. The van der Waals surface area contributed by atoms with E-state index in [4.69, 9.17) is 4.74 Å². The summed E-state index contributed by atoms with van der Waals surface area (Å²) in [7, 11) is 1.76. The third-order valence-corrected chi connectivity index (χ3v) is 4.91. The summed E-state index contributed by atoms with van der Waals surface area (Å²) in [6, 6.07) is 11.6. The Kier molecular flexibility index (Phi) is 9.49. The van der Waals surface area contributed by atoms with Crippen molar-refractivity contribution in [1.29, 1.82) is 0 Å². The highest BCUT2D eigenvalue weighted by atomic mass is 127. The predicted octanol–water partition coefficient (Wildman–Crippen LogP) is 4.10. The molecule has 0 spiro atoms. The number of aromatic nitrogens is 1. The van der Waals surface area contributed by atoms with Crippen LogP contribution in [0.3, 0.4) is 0 Å². The highest BCUT2D eigenvalue weighted by molar-refractivity contribution is 14.0. The third-order valence-electron chi connectivity index (χ3n) is 4.91. The first-order valence-corrected chi connectivity index (χ1v) is 10.4. The van der Waals surface area contributed by atoms with Crippen LogP contribution < -0.4 is 15.5 Å². The van der Waals surface area contributed by atoms with Gasteiger partial charge in [-0.05, 0) is 50.5 Å². The molecule has 1 aromatic heterocycles. The van der Waals surface area contributed by atoms with Crippen LogP contribution in [0.25, 0.3) is 0 Å². The number of guanidine groups is 1. The second kappa shape index (κ2) is 11.6. The molecule has 1 unspecified atom stereocenters. The number of hydrogen-bond donors (Lipinski definition) is 2. The zero-order chi connectivity index (χ0) is 21.6. The number of rotatable bonds is 6. The number of ether oxygens (including phenoxy) is 1. The molecule has 2 aromatic rings. The minimum atomic E-state index is -0.282. The Morgan fingerprint density at radius 1 is 1.26 bits per heavy atom. The average Bonchev–Trinajstić information content (AvgIpc) is 3.18. The Hall–Kier alpha value is -1.94. The van der Waals surface area contributed by atoms with Crippen LogP contribution >= 0.6 is 24.0 Å². The largest absolute Gasteiger partial charge is 0.371 e. The van der Waals surface area contributed by atoms with Crippen LogP contribution in [0.15, 0.2) is 47.6 Å². The molecule has 3 rings (SSSR count). The molecule has 1 aliphatic rings. The second-order valence-corrected chi connectivity index (χ2v) is 8.53. The lowest BCUT2D eigenvalue weighted by Crippen LogP contribution is -2.44. The van der Waals surface area contributed by atoms with E-state index in [0.717, 1.165) is 30.1 Å².